The van der Waals surface area contributed by atoms with Crippen molar-refractivity contribution in [2.45, 2.75) is 0 Å². The van der Waals surface area contributed by atoms with Gasteiger partial charge in [-0.15, -0.1) is 12.4 Å². The van der Waals surface area contributed by atoms with Crippen LogP contribution in [0.15, 0.2) is 63.8 Å². The topological polar surface area (TPSA) is 233 Å². The largest absolute Gasteiger partial charge is 0.508 e. The van der Waals surface area contributed by atoms with Gasteiger partial charge in [-0.2, -0.15) is 15.0 Å². The van der Waals surface area contributed by atoms with Gasteiger partial charge in [0.2, 0.25) is 16.5 Å². The maximum Gasteiger partial charge on any atom is 0.336 e. The third-order valence-electron chi connectivity index (χ3n) is 5.03. The van der Waals surface area contributed by atoms with Crippen molar-refractivity contribution in [2.75, 3.05) is 5.32 Å². The van der Waals surface area contributed by atoms with E-state index in [4.69, 9.17) is 27.6 Å². The molecule has 1 aliphatic heterocycles. The van der Waals surface area contributed by atoms with Gasteiger partial charge in [0, 0.05) is 34.3 Å². The molecule has 3 aromatic rings. The fourth-order valence-electron chi connectivity index (χ4n) is 3.68. The molecule has 200 valence electrons. The molecule has 15 heteroatoms. The molecule has 1 aliphatic carbocycles. The second-order valence-electron chi connectivity index (χ2n) is 7.20. The Morgan fingerprint density at radius 1 is 0.868 bits per heavy atom. The van der Waals surface area contributed by atoms with Gasteiger partial charge in [-0.25, -0.2) is 4.79 Å². The minimum atomic E-state index is -1.16. The molecule has 9 N–H and O–H groups in total. The fourth-order valence-corrected chi connectivity index (χ4v) is 4.04. The molecular formula is C23H19Cl3N4O8. The molecule has 38 heavy (non-hydrogen) atoms. The molecule has 12 nitrogen and oxygen atoms in total. The lowest BCUT2D eigenvalue weighted by Gasteiger charge is -2.17. The van der Waals surface area contributed by atoms with Crippen LogP contribution in [0.2, 0.25) is 10.6 Å². The number of halogens is 3. The molecule has 0 fully saturated rings. The third-order valence-corrected chi connectivity index (χ3v) is 5.37. The van der Waals surface area contributed by atoms with E-state index in [0.717, 1.165) is 0 Å². The van der Waals surface area contributed by atoms with Crippen molar-refractivity contribution in [1.82, 2.24) is 15.0 Å². The number of carboxylic acid groups (broad SMARTS) is 1. The van der Waals surface area contributed by atoms with Crippen LogP contribution in [0.3, 0.4) is 0 Å². The number of fused-ring (bicyclic) bond motifs is 2. The van der Waals surface area contributed by atoms with Crippen molar-refractivity contribution < 1.29 is 35.9 Å². The van der Waals surface area contributed by atoms with Gasteiger partial charge in [-0.05, 0) is 71.2 Å². The number of phenols is 1. The van der Waals surface area contributed by atoms with Crippen LogP contribution >= 0.6 is 35.6 Å². The van der Waals surface area contributed by atoms with E-state index < -0.39 is 5.97 Å². The van der Waals surface area contributed by atoms with Crippen molar-refractivity contribution in [1.29, 1.82) is 0 Å². The Morgan fingerprint density at radius 3 is 2.21 bits per heavy atom. The molecule has 2 aliphatic rings. The summed E-state index contributed by atoms with van der Waals surface area (Å²) in [6, 6.07) is 13.3. The summed E-state index contributed by atoms with van der Waals surface area (Å²) in [5.41, 5.74) is 1.80. The van der Waals surface area contributed by atoms with Crippen molar-refractivity contribution >= 4 is 64.2 Å². The van der Waals surface area contributed by atoms with E-state index in [1.165, 1.54) is 36.4 Å². The van der Waals surface area contributed by atoms with Gasteiger partial charge in [0.15, 0.2) is 5.43 Å². The molecular weight excluding hydrogens is 567 g/mol. The lowest BCUT2D eigenvalue weighted by molar-refractivity contribution is 0.0697. The molecule has 0 saturated heterocycles. The van der Waals surface area contributed by atoms with E-state index in [1.54, 1.807) is 18.2 Å². The lowest BCUT2D eigenvalue weighted by atomic mass is 9.90. The van der Waals surface area contributed by atoms with Crippen LogP contribution in [0.4, 0.5) is 11.6 Å². The van der Waals surface area contributed by atoms with Crippen LogP contribution < -0.4 is 10.7 Å². The number of anilines is 2. The number of nitrogens with zero attached hydrogens (tertiary/aromatic N) is 3. The van der Waals surface area contributed by atoms with E-state index in [0.29, 0.717) is 27.8 Å². The first-order chi connectivity index (χ1) is 16.3. The lowest BCUT2D eigenvalue weighted by Crippen LogP contribution is -2.05. The number of carbonyl (C=O) groups is 1. The molecule has 1 aromatic heterocycles. The summed E-state index contributed by atoms with van der Waals surface area (Å²) in [6.45, 7) is 0. The molecule has 2 heterocycles. The zero-order valence-electron chi connectivity index (χ0n) is 18.8. The van der Waals surface area contributed by atoms with E-state index in [9.17, 15) is 19.8 Å². The Bertz CT molecular complexity index is 1630. The Balaban J connectivity index is 0.00000180. The molecule has 0 atom stereocenters. The highest BCUT2D eigenvalue weighted by atomic mass is 35.5. The highest BCUT2D eigenvalue weighted by molar-refractivity contribution is 6.31. The van der Waals surface area contributed by atoms with Gasteiger partial charge in [0.1, 0.15) is 17.1 Å². The first-order valence-electron chi connectivity index (χ1n) is 9.70. The summed E-state index contributed by atoms with van der Waals surface area (Å²) in [5.74, 6) is -0.893. The fraction of sp³-hybridized carbons (Fsp3) is 0. The molecule has 0 saturated carbocycles. The minimum Gasteiger partial charge on any atom is -0.508 e. The summed E-state index contributed by atoms with van der Waals surface area (Å²) in [4.78, 5) is 35.7. The Morgan fingerprint density at radius 2 is 1.55 bits per heavy atom. The predicted octanol–water partition coefficient (Wildman–Crippen LogP) is 3.15. The summed E-state index contributed by atoms with van der Waals surface area (Å²) >= 11 is 11.7. The molecule has 0 spiro atoms. The average molecular weight is 586 g/mol. The summed E-state index contributed by atoms with van der Waals surface area (Å²) < 4.78 is 5.84. The number of hydrogen-bond acceptors (Lipinski definition) is 8. The number of aromatic carboxylic acids is 1. The van der Waals surface area contributed by atoms with Crippen molar-refractivity contribution in [2.24, 2.45) is 0 Å². The van der Waals surface area contributed by atoms with Crippen LogP contribution in [0.5, 0.6) is 5.75 Å². The maximum absolute atomic E-state index is 12.1. The SMILES string of the molecule is Cl.O.O.O.O=C(O)c1ccc(Nc2nc(Cl)nc(Cl)n2)cc1-c1c2ccc(=O)cc-2oc2cc(O)ccc12. The van der Waals surface area contributed by atoms with Crippen LogP contribution in [-0.4, -0.2) is 47.6 Å². The first kappa shape index (κ1) is 32.0. The first-order valence-corrected chi connectivity index (χ1v) is 10.5. The summed E-state index contributed by atoms with van der Waals surface area (Å²) in [7, 11) is 0. The van der Waals surface area contributed by atoms with Crippen LogP contribution in [-0.2, 0) is 0 Å². The smallest absolute Gasteiger partial charge is 0.336 e. The standard InChI is InChI=1S/C23H12Cl2N4O5.ClH.3H2O/c24-21-27-22(25)29-23(28-21)26-10-1-4-13(20(32)33)16(7-10)19-14-5-2-11(30)8-17(14)34-18-9-12(31)3-6-15(18)19;;;;/h1-9,30H,(H,32,33)(H,26,27,28,29);1H;3*1H2. The van der Waals surface area contributed by atoms with Gasteiger partial charge >= 0.3 is 5.97 Å². The van der Waals surface area contributed by atoms with E-state index >= 15 is 0 Å². The zero-order valence-corrected chi connectivity index (χ0v) is 21.1. The van der Waals surface area contributed by atoms with Crippen molar-refractivity contribution in [3.05, 3.63) is 81.0 Å². The van der Waals surface area contributed by atoms with Gasteiger partial charge in [0.25, 0.3) is 0 Å². The molecule has 0 bridgehead atoms. The molecule has 2 aromatic carbocycles. The van der Waals surface area contributed by atoms with Crippen molar-refractivity contribution in [3.8, 4) is 28.2 Å². The number of benzene rings is 3. The van der Waals surface area contributed by atoms with Gasteiger partial charge in [0.05, 0.1) is 5.56 Å². The van der Waals surface area contributed by atoms with E-state index in [1.807, 2.05) is 0 Å². The normalized spacial score (nSPS) is 9.95. The molecule has 0 unspecified atom stereocenters. The Kier molecular flexibility index (Phi) is 10.5. The number of aromatic nitrogens is 3. The molecule has 0 radical (unpaired) electrons. The van der Waals surface area contributed by atoms with Gasteiger partial charge in [-0.3, -0.25) is 4.79 Å². The monoisotopic (exact) mass is 584 g/mol. The Labute approximate surface area is 229 Å². The molecule has 0 amide bonds. The van der Waals surface area contributed by atoms with Crippen LogP contribution in [0.1, 0.15) is 10.4 Å². The number of hydrogen-bond donors (Lipinski definition) is 3. The highest BCUT2D eigenvalue weighted by Crippen LogP contribution is 2.42. The van der Waals surface area contributed by atoms with Crippen molar-refractivity contribution in [3.63, 3.8) is 0 Å². The number of rotatable bonds is 4. The number of phenolic OH excluding ortho intramolecular Hbond substituents is 1. The number of aromatic hydroxyl groups is 1. The average Bonchev–Trinajstić information content (AvgIpc) is 2.76. The van der Waals surface area contributed by atoms with Crippen LogP contribution in [0.25, 0.3) is 33.4 Å². The predicted molar refractivity (Wildman–Crippen MR) is 144 cm³/mol. The van der Waals surface area contributed by atoms with Gasteiger partial charge < -0.3 is 36.4 Å². The minimum absolute atomic E-state index is 0. The highest BCUT2D eigenvalue weighted by Gasteiger charge is 2.22. The number of nitrogens with one attached hydrogen (secondary N) is 1. The summed E-state index contributed by atoms with van der Waals surface area (Å²) in [5, 5.41) is 23.1. The zero-order chi connectivity index (χ0) is 24.0. The third kappa shape index (κ3) is 6.08. The quantitative estimate of drug-likeness (QED) is 0.262. The van der Waals surface area contributed by atoms with E-state index in [2.05, 4.69) is 20.3 Å². The second kappa shape index (κ2) is 12.5. The Hall–Kier alpha value is -4.04. The molecule has 5 rings (SSSR count). The van der Waals surface area contributed by atoms with Gasteiger partial charge in [-0.1, -0.05) is 0 Å². The number of carboxylic acids is 1. The maximum atomic E-state index is 12.1. The van der Waals surface area contributed by atoms with E-state index in [-0.39, 0.29) is 73.4 Å². The summed E-state index contributed by atoms with van der Waals surface area (Å²) in [6.07, 6.45) is 0. The van der Waals surface area contributed by atoms with Crippen LogP contribution in [0, 0.1) is 0 Å². The second-order valence-corrected chi connectivity index (χ2v) is 7.88.